The molecule has 1 aliphatic rings. The number of nitriles is 1. The Kier molecular flexibility index (Phi) is 2.42. The van der Waals surface area contributed by atoms with Crippen LogP contribution in [0.3, 0.4) is 0 Å². The Morgan fingerprint density at radius 2 is 2.14 bits per heavy atom. The van der Waals surface area contributed by atoms with Crippen LogP contribution in [0.4, 0.5) is 4.79 Å². The number of rotatable bonds is 2. The molecule has 1 fully saturated rings. The lowest BCUT2D eigenvalue weighted by atomic mass is 9.96. The van der Waals surface area contributed by atoms with E-state index in [1.54, 1.807) is 13.8 Å². The first-order valence-electron chi connectivity index (χ1n) is 4.43. The maximum Gasteiger partial charge on any atom is 0.412 e. The molecule has 1 atom stereocenters. The van der Waals surface area contributed by atoms with E-state index in [0.29, 0.717) is 0 Å². The molecule has 0 bridgehead atoms. The number of nitrogens with zero attached hydrogens (tertiary/aromatic N) is 2. The Morgan fingerprint density at radius 3 is 2.50 bits per heavy atom. The highest BCUT2D eigenvalue weighted by molar-refractivity contribution is 5.72. The largest absolute Gasteiger partial charge is 0.438 e. The van der Waals surface area contributed by atoms with Crippen molar-refractivity contribution in [3.63, 3.8) is 0 Å². The average molecular weight is 198 g/mol. The van der Waals surface area contributed by atoms with Crippen molar-refractivity contribution in [2.75, 3.05) is 6.54 Å². The summed E-state index contributed by atoms with van der Waals surface area (Å²) in [6.45, 7) is 4.97. The van der Waals surface area contributed by atoms with Crippen LogP contribution in [0.25, 0.3) is 0 Å². The zero-order valence-corrected chi connectivity index (χ0v) is 8.57. The first-order valence-corrected chi connectivity index (χ1v) is 4.43. The van der Waals surface area contributed by atoms with E-state index in [9.17, 15) is 9.90 Å². The van der Waals surface area contributed by atoms with Gasteiger partial charge in [-0.15, -0.1) is 0 Å². The van der Waals surface area contributed by atoms with Crippen molar-refractivity contribution in [3.8, 4) is 6.07 Å². The van der Waals surface area contributed by atoms with Gasteiger partial charge in [0, 0.05) is 6.54 Å². The van der Waals surface area contributed by atoms with Gasteiger partial charge in [-0.25, -0.2) is 4.79 Å². The third-order valence-corrected chi connectivity index (χ3v) is 2.68. The molecule has 1 N–H and O–H groups in total. The minimum absolute atomic E-state index is 0.182. The predicted octanol–water partition coefficient (Wildman–Crippen LogP) is 0.839. The molecule has 1 aliphatic heterocycles. The van der Waals surface area contributed by atoms with Gasteiger partial charge in [0.2, 0.25) is 0 Å². The second-order valence-corrected chi connectivity index (χ2v) is 3.96. The standard InChI is InChI=1S/C9H14N2O3/c1-8(2)9(3,13)11(6-4-5-10)7(12)14-8/h13H,4,6H2,1-3H3/t9-/m0/s1. The summed E-state index contributed by atoms with van der Waals surface area (Å²) in [5.74, 6) is 0. The molecule has 0 aromatic carbocycles. The SMILES string of the molecule is CC1(C)OC(=O)N(CCC#N)[C@@]1(C)O. The van der Waals surface area contributed by atoms with Crippen LogP contribution in [0.2, 0.25) is 0 Å². The fourth-order valence-electron chi connectivity index (χ4n) is 1.34. The summed E-state index contributed by atoms with van der Waals surface area (Å²) >= 11 is 0. The number of carbonyl (C=O) groups is 1. The normalized spacial score (nSPS) is 29.9. The minimum Gasteiger partial charge on any atom is -0.438 e. The summed E-state index contributed by atoms with van der Waals surface area (Å²) in [4.78, 5) is 12.5. The van der Waals surface area contributed by atoms with Gasteiger partial charge in [-0.05, 0) is 20.8 Å². The third-order valence-electron chi connectivity index (χ3n) is 2.68. The molecule has 78 valence electrons. The highest BCUT2D eigenvalue weighted by atomic mass is 16.6. The summed E-state index contributed by atoms with van der Waals surface area (Å²) in [5, 5.41) is 18.5. The van der Waals surface area contributed by atoms with Crippen LogP contribution in [0.5, 0.6) is 0 Å². The number of amides is 1. The van der Waals surface area contributed by atoms with E-state index < -0.39 is 17.4 Å². The zero-order chi connectivity index (χ0) is 11.0. The second-order valence-electron chi connectivity index (χ2n) is 3.96. The number of cyclic esters (lactones) is 1. The van der Waals surface area contributed by atoms with Crippen LogP contribution in [-0.4, -0.2) is 34.0 Å². The molecule has 5 heteroatoms. The zero-order valence-electron chi connectivity index (χ0n) is 8.57. The van der Waals surface area contributed by atoms with Crippen molar-refractivity contribution >= 4 is 6.09 Å². The Bertz CT molecular complexity index is 291. The maximum absolute atomic E-state index is 11.3. The van der Waals surface area contributed by atoms with Crippen molar-refractivity contribution in [1.82, 2.24) is 4.90 Å². The molecule has 1 saturated heterocycles. The van der Waals surface area contributed by atoms with Crippen LogP contribution in [-0.2, 0) is 4.74 Å². The van der Waals surface area contributed by atoms with Gasteiger partial charge in [-0.2, -0.15) is 5.26 Å². The first kappa shape index (κ1) is 10.8. The highest BCUT2D eigenvalue weighted by Crippen LogP contribution is 2.36. The lowest BCUT2D eigenvalue weighted by Crippen LogP contribution is -2.53. The van der Waals surface area contributed by atoms with Crippen LogP contribution in [0.1, 0.15) is 27.2 Å². The van der Waals surface area contributed by atoms with Crippen molar-refractivity contribution in [1.29, 1.82) is 5.26 Å². The van der Waals surface area contributed by atoms with Gasteiger partial charge in [0.1, 0.15) is 0 Å². The molecule has 1 amide bonds. The van der Waals surface area contributed by atoms with Crippen LogP contribution < -0.4 is 0 Å². The van der Waals surface area contributed by atoms with E-state index in [-0.39, 0.29) is 13.0 Å². The summed E-state index contributed by atoms with van der Waals surface area (Å²) in [6.07, 6.45) is -0.392. The fourth-order valence-corrected chi connectivity index (χ4v) is 1.34. The van der Waals surface area contributed by atoms with Crippen LogP contribution in [0.15, 0.2) is 0 Å². The molecule has 5 nitrogen and oxygen atoms in total. The predicted molar refractivity (Wildman–Crippen MR) is 48.1 cm³/mol. The van der Waals surface area contributed by atoms with Crippen molar-refractivity contribution in [3.05, 3.63) is 0 Å². The maximum atomic E-state index is 11.3. The van der Waals surface area contributed by atoms with Gasteiger partial charge < -0.3 is 9.84 Å². The summed E-state index contributed by atoms with van der Waals surface area (Å²) in [6, 6.07) is 1.92. The van der Waals surface area contributed by atoms with E-state index in [1.807, 2.05) is 6.07 Å². The van der Waals surface area contributed by atoms with Gasteiger partial charge in [0.15, 0.2) is 11.3 Å². The minimum atomic E-state index is -1.36. The van der Waals surface area contributed by atoms with Gasteiger partial charge >= 0.3 is 6.09 Å². The molecular weight excluding hydrogens is 184 g/mol. The van der Waals surface area contributed by atoms with Crippen molar-refractivity contribution < 1.29 is 14.6 Å². The first-order chi connectivity index (χ1) is 6.33. The molecule has 1 heterocycles. The fraction of sp³-hybridized carbons (Fsp3) is 0.778. The van der Waals surface area contributed by atoms with Crippen LogP contribution >= 0.6 is 0 Å². The molecule has 0 aromatic heterocycles. The molecule has 0 unspecified atom stereocenters. The van der Waals surface area contributed by atoms with Gasteiger partial charge in [-0.1, -0.05) is 0 Å². The molecule has 0 radical (unpaired) electrons. The van der Waals surface area contributed by atoms with E-state index in [4.69, 9.17) is 10.00 Å². The van der Waals surface area contributed by atoms with Crippen molar-refractivity contribution in [2.24, 2.45) is 0 Å². The van der Waals surface area contributed by atoms with E-state index >= 15 is 0 Å². The van der Waals surface area contributed by atoms with Crippen molar-refractivity contribution in [2.45, 2.75) is 38.5 Å². The summed E-state index contributed by atoms with van der Waals surface area (Å²) < 4.78 is 5.00. The summed E-state index contributed by atoms with van der Waals surface area (Å²) in [7, 11) is 0. The Morgan fingerprint density at radius 1 is 1.57 bits per heavy atom. The van der Waals surface area contributed by atoms with E-state index in [2.05, 4.69) is 0 Å². The van der Waals surface area contributed by atoms with Crippen LogP contribution in [0, 0.1) is 11.3 Å². The Balaban J connectivity index is 2.86. The monoisotopic (exact) mass is 198 g/mol. The number of carbonyl (C=O) groups excluding carboxylic acids is 1. The smallest absolute Gasteiger partial charge is 0.412 e. The Labute approximate surface area is 82.9 Å². The lowest BCUT2D eigenvalue weighted by Gasteiger charge is -2.34. The molecular formula is C9H14N2O3. The quantitative estimate of drug-likeness (QED) is 0.713. The second kappa shape index (κ2) is 3.14. The molecule has 0 spiro atoms. The number of hydrogen-bond donors (Lipinski definition) is 1. The third kappa shape index (κ3) is 1.42. The van der Waals surface area contributed by atoms with E-state index in [1.165, 1.54) is 11.8 Å². The summed E-state index contributed by atoms with van der Waals surface area (Å²) in [5.41, 5.74) is -2.31. The molecule has 14 heavy (non-hydrogen) atoms. The molecule has 0 aromatic rings. The number of ether oxygens (including phenoxy) is 1. The van der Waals surface area contributed by atoms with Gasteiger partial charge in [-0.3, -0.25) is 4.90 Å². The topological polar surface area (TPSA) is 73.6 Å². The molecule has 0 aliphatic carbocycles. The number of hydrogen-bond acceptors (Lipinski definition) is 4. The Hall–Kier alpha value is -1.28. The highest BCUT2D eigenvalue weighted by Gasteiger charge is 2.56. The average Bonchev–Trinajstić information content (AvgIpc) is 2.16. The van der Waals surface area contributed by atoms with Gasteiger partial charge in [0.25, 0.3) is 0 Å². The molecule has 0 saturated carbocycles. The van der Waals surface area contributed by atoms with E-state index in [0.717, 1.165) is 0 Å². The number of aliphatic hydroxyl groups is 1. The van der Waals surface area contributed by atoms with Gasteiger partial charge in [0.05, 0.1) is 12.5 Å². The lowest BCUT2D eigenvalue weighted by molar-refractivity contribution is -0.126. The molecule has 1 rings (SSSR count).